The summed E-state index contributed by atoms with van der Waals surface area (Å²) in [6.45, 7) is 5.15. The van der Waals surface area contributed by atoms with Crippen LogP contribution < -0.4 is 4.72 Å². The van der Waals surface area contributed by atoms with Gasteiger partial charge in [0, 0.05) is 11.6 Å². The lowest BCUT2D eigenvalue weighted by atomic mass is 10.0. The van der Waals surface area contributed by atoms with Crippen LogP contribution in [-0.2, 0) is 25.3 Å². The molecule has 0 radical (unpaired) electrons. The van der Waals surface area contributed by atoms with Crippen molar-refractivity contribution >= 4 is 32.7 Å². The van der Waals surface area contributed by atoms with Gasteiger partial charge in [0.15, 0.2) is 0 Å². The molecule has 0 amide bonds. The summed E-state index contributed by atoms with van der Waals surface area (Å²) in [4.78, 5) is 0. The molecule has 0 aliphatic carbocycles. The Kier molecular flexibility index (Phi) is 7.15. The average Bonchev–Trinajstić information content (AvgIpc) is 2.38. The van der Waals surface area contributed by atoms with Gasteiger partial charge in [-0.1, -0.05) is 23.7 Å². The first-order chi connectivity index (χ1) is 10.4. The fraction of sp³-hybridized carbons (Fsp3) is 0.571. The second-order valence-corrected chi connectivity index (χ2v) is 10.1. The van der Waals surface area contributed by atoms with Crippen LogP contribution in [0, 0.1) is 5.82 Å². The molecular formula is C14H21ClFNO4S2. The molecule has 1 aromatic rings. The van der Waals surface area contributed by atoms with Gasteiger partial charge in [-0.15, -0.1) is 0 Å². The molecule has 1 rings (SSSR count). The smallest absolute Gasteiger partial charge is 0.264 e. The zero-order valence-electron chi connectivity index (χ0n) is 13.4. The van der Waals surface area contributed by atoms with Gasteiger partial charge in [-0.25, -0.2) is 13.3 Å². The Bertz CT molecular complexity index is 674. The number of hydrogen-bond acceptors (Lipinski definition) is 4. The third-order valence-electron chi connectivity index (χ3n) is 2.87. The van der Waals surface area contributed by atoms with Crippen molar-refractivity contribution < 1.29 is 21.2 Å². The van der Waals surface area contributed by atoms with Gasteiger partial charge >= 0.3 is 0 Å². The molecule has 9 heteroatoms. The minimum absolute atomic E-state index is 0.0557. The highest BCUT2D eigenvalue weighted by Gasteiger charge is 2.26. The second kappa shape index (κ2) is 8.02. The molecular weight excluding hydrogens is 365 g/mol. The summed E-state index contributed by atoms with van der Waals surface area (Å²) in [5, 5.41) is -0.0557. The molecule has 1 aromatic carbocycles. The van der Waals surface area contributed by atoms with Crippen molar-refractivity contribution in [1.29, 1.82) is 0 Å². The van der Waals surface area contributed by atoms with Gasteiger partial charge in [0.2, 0.25) is 0 Å². The quantitative estimate of drug-likeness (QED) is 0.732. The molecule has 2 atom stereocenters. The highest BCUT2D eigenvalue weighted by Crippen LogP contribution is 2.27. The Morgan fingerprint density at radius 2 is 2.00 bits per heavy atom. The van der Waals surface area contributed by atoms with E-state index in [1.54, 1.807) is 26.8 Å². The molecule has 0 aromatic heterocycles. The first-order valence-corrected chi connectivity index (χ1v) is 10.2. The SMILES string of the molecule is CC(C)(C)S(=O)N[C@@H](CCOS(C)(=O)=O)c1cccc(Cl)c1F. The van der Waals surface area contributed by atoms with Crippen molar-refractivity contribution in [2.45, 2.75) is 38.0 Å². The Morgan fingerprint density at radius 1 is 1.39 bits per heavy atom. The van der Waals surface area contributed by atoms with Gasteiger partial charge in [-0.05, 0) is 33.3 Å². The molecule has 0 saturated carbocycles. The highest BCUT2D eigenvalue weighted by molar-refractivity contribution is 7.86. The Labute approximate surface area is 144 Å². The van der Waals surface area contributed by atoms with E-state index in [0.717, 1.165) is 6.26 Å². The van der Waals surface area contributed by atoms with E-state index in [1.807, 2.05) is 0 Å². The zero-order valence-corrected chi connectivity index (χ0v) is 15.8. The molecule has 0 bridgehead atoms. The van der Waals surface area contributed by atoms with E-state index in [4.69, 9.17) is 15.8 Å². The molecule has 132 valence electrons. The molecule has 1 N–H and O–H groups in total. The van der Waals surface area contributed by atoms with Crippen LogP contribution in [0.4, 0.5) is 4.39 Å². The highest BCUT2D eigenvalue weighted by atomic mass is 35.5. The van der Waals surface area contributed by atoms with Crippen LogP contribution in [-0.4, -0.2) is 30.2 Å². The molecule has 23 heavy (non-hydrogen) atoms. The fourth-order valence-electron chi connectivity index (χ4n) is 1.69. The maximum absolute atomic E-state index is 14.2. The van der Waals surface area contributed by atoms with Crippen LogP contribution in [0.15, 0.2) is 18.2 Å². The first kappa shape index (κ1) is 20.5. The van der Waals surface area contributed by atoms with E-state index in [2.05, 4.69) is 4.72 Å². The number of nitrogens with one attached hydrogen (secondary N) is 1. The summed E-state index contributed by atoms with van der Waals surface area (Å²) in [7, 11) is -5.07. The lowest BCUT2D eigenvalue weighted by Gasteiger charge is -2.25. The van der Waals surface area contributed by atoms with Crippen molar-refractivity contribution in [3.05, 3.63) is 34.6 Å². The van der Waals surface area contributed by atoms with Crippen LogP contribution in [0.3, 0.4) is 0 Å². The fourth-order valence-corrected chi connectivity index (χ4v) is 3.13. The van der Waals surface area contributed by atoms with E-state index in [-0.39, 0.29) is 23.6 Å². The Morgan fingerprint density at radius 3 is 2.52 bits per heavy atom. The van der Waals surface area contributed by atoms with Crippen molar-refractivity contribution in [3.63, 3.8) is 0 Å². The second-order valence-electron chi connectivity index (χ2n) is 6.01. The molecule has 0 heterocycles. The lowest BCUT2D eigenvalue weighted by Crippen LogP contribution is -2.36. The number of halogens is 2. The number of hydrogen-bond donors (Lipinski definition) is 1. The Hall–Kier alpha value is -0.540. The van der Waals surface area contributed by atoms with Gasteiger partial charge < -0.3 is 0 Å². The van der Waals surface area contributed by atoms with E-state index >= 15 is 0 Å². The van der Waals surface area contributed by atoms with E-state index in [1.165, 1.54) is 12.1 Å². The molecule has 0 spiro atoms. The van der Waals surface area contributed by atoms with Crippen LogP contribution >= 0.6 is 11.6 Å². The number of benzene rings is 1. The van der Waals surface area contributed by atoms with E-state index < -0.39 is 37.7 Å². The molecule has 1 unspecified atom stereocenters. The van der Waals surface area contributed by atoms with Crippen molar-refractivity contribution in [2.75, 3.05) is 12.9 Å². The molecule has 0 saturated heterocycles. The predicted molar refractivity (Wildman–Crippen MR) is 90.6 cm³/mol. The summed E-state index contributed by atoms with van der Waals surface area (Å²) >= 11 is 5.79. The van der Waals surface area contributed by atoms with Crippen molar-refractivity contribution in [1.82, 2.24) is 4.72 Å². The van der Waals surface area contributed by atoms with Gasteiger partial charge in [0.25, 0.3) is 10.1 Å². The lowest BCUT2D eigenvalue weighted by molar-refractivity contribution is 0.299. The molecule has 5 nitrogen and oxygen atoms in total. The average molecular weight is 386 g/mol. The van der Waals surface area contributed by atoms with Gasteiger partial charge in [0.1, 0.15) is 5.82 Å². The van der Waals surface area contributed by atoms with Crippen LogP contribution in [0.25, 0.3) is 0 Å². The van der Waals surface area contributed by atoms with E-state index in [0.29, 0.717) is 0 Å². The standard InChI is InChI=1S/C14H21ClFNO4S2/c1-14(2,3)22(18)17-12(8-9-21-23(4,19)20)10-6-5-7-11(15)13(10)16/h5-7,12,17H,8-9H2,1-4H3/t12-,22?/m0/s1. The predicted octanol–water partition coefficient (Wildman–Crippen LogP) is 2.94. The van der Waals surface area contributed by atoms with Gasteiger partial charge in [-0.3, -0.25) is 4.18 Å². The van der Waals surface area contributed by atoms with Crippen LogP contribution in [0.1, 0.15) is 38.8 Å². The summed E-state index contributed by atoms with van der Waals surface area (Å²) in [6.07, 6.45) is 1.05. The normalized spacial score (nSPS) is 15.4. The monoisotopic (exact) mass is 385 g/mol. The topological polar surface area (TPSA) is 72.5 Å². The summed E-state index contributed by atoms with van der Waals surface area (Å²) in [5.41, 5.74) is 0.215. The van der Waals surface area contributed by atoms with Gasteiger partial charge in [-0.2, -0.15) is 8.42 Å². The van der Waals surface area contributed by atoms with Crippen LogP contribution in [0.5, 0.6) is 0 Å². The molecule has 0 aliphatic rings. The minimum atomic E-state index is -3.60. The van der Waals surface area contributed by atoms with Crippen molar-refractivity contribution in [3.8, 4) is 0 Å². The van der Waals surface area contributed by atoms with E-state index in [9.17, 15) is 17.0 Å². The third kappa shape index (κ3) is 6.84. The van der Waals surface area contributed by atoms with Crippen LogP contribution in [0.2, 0.25) is 5.02 Å². The summed E-state index contributed by atoms with van der Waals surface area (Å²) in [5.74, 6) is -0.628. The van der Waals surface area contributed by atoms with Gasteiger partial charge in [0.05, 0.1) is 33.6 Å². The maximum atomic E-state index is 14.2. The number of rotatable bonds is 7. The zero-order chi connectivity index (χ0) is 17.8. The minimum Gasteiger partial charge on any atom is -0.270 e. The third-order valence-corrected chi connectivity index (χ3v) is 5.36. The Balaban J connectivity index is 3.01. The molecule has 0 aliphatic heterocycles. The molecule has 0 fully saturated rings. The van der Waals surface area contributed by atoms with Crippen molar-refractivity contribution in [2.24, 2.45) is 0 Å². The largest absolute Gasteiger partial charge is 0.270 e. The summed E-state index contributed by atoms with van der Waals surface area (Å²) in [6, 6.07) is 3.80. The summed E-state index contributed by atoms with van der Waals surface area (Å²) < 4.78 is 55.6. The maximum Gasteiger partial charge on any atom is 0.264 e. The first-order valence-electron chi connectivity index (χ1n) is 6.88.